The highest BCUT2D eigenvalue weighted by Gasteiger charge is 2.18. The summed E-state index contributed by atoms with van der Waals surface area (Å²) in [5.74, 6) is -1.08. The number of aromatic carboxylic acids is 1. The van der Waals surface area contributed by atoms with Crippen LogP contribution in [0.15, 0.2) is 67.3 Å². The van der Waals surface area contributed by atoms with Gasteiger partial charge in [0.1, 0.15) is 12.0 Å². The third-order valence-corrected chi connectivity index (χ3v) is 6.07. The number of aromatic nitrogens is 4. The molecule has 4 aromatic heterocycles. The van der Waals surface area contributed by atoms with Gasteiger partial charge in [-0.1, -0.05) is 32.0 Å². The van der Waals surface area contributed by atoms with E-state index in [0.717, 1.165) is 38.7 Å². The van der Waals surface area contributed by atoms with Gasteiger partial charge < -0.3 is 14.8 Å². The fourth-order valence-electron chi connectivity index (χ4n) is 4.27. The minimum Gasteiger partial charge on any atom is -0.477 e. The maximum absolute atomic E-state index is 12.4. The third-order valence-electron chi connectivity index (χ3n) is 6.07. The molecule has 0 atom stereocenters. The van der Waals surface area contributed by atoms with Crippen LogP contribution in [-0.4, -0.2) is 43.4 Å². The molecule has 0 radical (unpaired) electrons. The van der Waals surface area contributed by atoms with E-state index in [-0.39, 0.29) is 17.5 Å². The molecule has 4 heterocycles. The van der Waals surface area contributed by atoms with E-state index in [0.29, 0.717) is 11.4 Å². The van der Waals surface area contributed by atoms with E-state index in [2.05, 4.69) is 40.2 Å². The molecule has 0 saturated heterocycles. The van der Waals surface area contributed by atoms with Crippen molar-refractivity contribution in [2.24, 2.45) is 0 Å². The molecular formula is C27H23N5O3. The molecule has 8 nitrogen and oxygen atoms in total. The number of amides is 1. The maximum Gasteiger partial charge on any atom is 0.354 e. The van der Waals surface area contributed by atoms with E-state index in [1.807, 2.05) is 40.9 Å². The fraction of sp³-hybridized carbons (Fsp3) is 0.148. The van der Waals surface area contributed by atoms with Gasteiger partial charge >= 0.3 is 5.97 Å². The molecule has 0 unspecified atom stereocenters. The van der Waals surface area contributed by atoms with Crippen molar-refractivity contribution in [1.29, 1.82) is 0 Å². The zero-order chi connectivity index (χ0) is 24.7. The number of carboxylic acid groups (broad SMARTS) is 1. The lowest BCUT2D eigenvalue weighted by molar-refractivity contribution is 0.0690. The van der Waals surface area contributed by atoms with E-state index in [1.165, 1.54) is 12.3 Å². The topological polar surface area (TPSA) is 109 Å². The number of hydrogen-bond donors (Lipinski definition) is 2. The summed E-state index contributed by atoms with van der Waals surface area (Å²) in [5, 5.41) is 13.7. The summed E-state index contributed by atoms with van der Waals surface area (Å²) in [7, 11) is 1.60. The van der Waals surface area contributed by atoms with E-state index >= 15 is 0 Å². The van der Waals surface area contributed by atoms with Crippen molar-refractivity contribution in [3.05, 3.63) is 84.3 Å². The molecule has 2 N–H and O–H groups in total. The predicted molar refractivity (Wildman–Crippen MR) is 134 cm³/mol. The second-order valence-electron chi connectivity index (χ2n) is 8.58. The Morgan fingerprint density at radius 2 is 1.80 bits per heavy atom. The van der Waals surface area contributed by atoms with Crippen LogP contribution in [0, 0.1) is 0 Å². The molecule has 0 saturated carbocycles. The highest BCUT2D eigenvalue weighted by atomic mass is 16.4. The molecular weight excluding hydrogens is 442 g/mol. The van der Waals surface area contributed by atoms with Crippen molar-refractivity contribution in [3.8, 4) is 22.4 Å². The van der Waals surface area contributed by atoms with Crippen molar-refractivity contribution < 1.29 is 14.7 Å². The van der Waals surface area contributed by atoms with Gasteiger partial charge in [0.2, 0.25) is 0 Å². The van der Waals surface area contributed by atoms with Gasteiger partial charge in [0, 0.05) is 36.1 Å². The summed E-state index contributed by atoms with van der Waals surface area (Å²) in [6, 6.07) is 15.3. The van der Waals surface area contributed by atoms with Crippen LogP contribution in [0.3, 0.4) is 0 Å². The molecule has 0 aliphatic carbocycles. The molecule has 174 valence electrons. The largest absolute Gasteiger partial charge is 0.477 e. The van der Waals surface area contributed by atoms with Crippen molar-refractivity contribution in [1.82, 2.24) is 24.7 Å². The minimum atomic E-state index is -1.07. The van der Waals surface area contributed by atoms with Crippen molar-refractivity contribution in [3.63, 3.8) is 0 Å². The lowest BCUT2D eigenvalue weighted by Gasteiger charge is -2.14. The SMILES string of the molecule is CNC(=O)c1ncn2c(C(C)C)cc(-c3cccc4cc(-c5ccc(C(=O)O)nc5)ncc34)cc12. The van der Waals surface area contributed by atoms with Crippen LogP contribution >= 0.6 is 0 Å². The Balaban J connectivity index is 1.66. The number of carbonyl (C=O) groups excluding carboxylic acids is 1. The molecule has 35 heavy (non-hydrogen) atoms. The number of rotatable bonds is 5. The summed E-state index contributed by atoms with van der Waals surface area (Å²) < 4.78 is 1.97. The van der Waals surface area contributed by atoms with Crippen molar-refractivity contribution in [2.75, 3.05) is 7.05 Å². The van der Waals surface area contributed by atoms with Gasteiger partial charge in [-0.15, -0.1) is 0 Å². The quantitative estimate of drug-likeness (QED) is 0.386. The molecule has 0 spiro atoms. The molecule has 1 aromatic carbocycles. The summed E-state index contributed by atoms with van der Waals surface area (Å²) in [4.78, 5) is 36.5. The number of pyridine rings is 3. The summed E-state index contributed by atoms with van der Waals surface area (Å²) in [5.41, 5.74) is 5.57. The predicted octanol–water partition coefficient (Wildman–Crippen LogP) is 4.79. The van der Waals surface area contributed by atoms with E-state index in [1.54, 1.807) is 19.4 Å². The normalized spacial score (nSPS) is 11.3. The van der Waals surface area contributed by atoms with Gasteiger partial charge in [0.05, 0.1) is 11.2 Å². The zero-order valence-corrected chi connectivity index (χ0v) is 19.5. The lowest BCUT2D eigenvalue weighted by Crippen LogP contribution is -2.18. The van der Waals surface area contributed by atoms with Gasteiger partial charge in [0.15, 0.2) is 5.69 Å². The summed E-state index contributed by atoms with van der Waals surface area (Å²) >= 11 is 0. The number of nitrogens with one attached hydrogen (secondary N) is 1. The van der Waals surface area contributed by atoms with Gasteiger partial charge in [-0.2, -0.15) is 0 Å². The van der Waals surface area contributed by atoms with Gasteiger partial charge in [-0.3, -0.25) is 9.78 Å². The molecule has 0 aliphatic heterocycles. The molecule has 0 aliphatic rings. The molecule has 0 bridgehead atoms. The first-order valence-electron chi connectivity index (χ1n) is 11.2. The minimum absolute atomic E-state index is 0.0100. The van der Waals surface area contributed by atoms with Crippen molar-refractivity contribution in [2.45, 2.75) is 19.8 Å². The molecule has 8 heteroatoms. The number of benzene rings is 1. The Hall–Kier alpha value is -4.59. The number of carbonyl (C=O) groups is 2. The first-order valence-corrected chi connectivity index (χ1v) is 11.2. The lowest BCUT2D eigenvalue weighted by atomic mass is 9.96. The smallest absolute Gasteiger partial charge is 0.354 e. The number of fused-ring (bicyclic) bond motifs is 2. The van der Waals surface area contributed by atoms with Crippen LogP contribution in [0.25, 0.3) is 38.7 Å². The van der Waals surface area contributed by atoms with Crippen LogP contribution in [-0.2, 0) is 0 Å². The average Bonchev–Trinajstić information content (AvgIpc) is 3.31. The second kappa shape index (κ2) is 8.64. The third kappa shape index (κ3) is 3.89. The van der Waals surface area contributed by atoms with E-state index < -0.39 is 5.97 Å². The first-order chi connectivity index (χ1) is 16.9. The number of nitrogens with zero attached hydrogens (tertiary/aromatic N) is 4. The number of carboxylic acids is 1. The Morgan fingerprint density at radius 3 is 2.49 bits per heavy atom. The highest BCUT2D eigenvalue weighted by Crippen LogP contribution is 2.33. The van der Waals surface area contributed by atoms with Gasteiger partial charge in [-0.05, 0) is 52.8 Å². The Labute approximate surface area is 201 Å². The number of hydrogen-bond acceptors (Lipinski definition) is 5. The summed E-state index contributed by atoms with van der Waals surface area (Å²) in [6.07, 6.45) is 5.03. The summed E-state index contributed by atoms with van der Waals surface area (Å²) in [6.45, 7) is 4.22. The Kier molecular flexibility index (Phi) is 5.49. The fourth-order valence-corrected chi connectivity index (χ4v) is 4.27. The standard InChI is InChI=1S/C27H23N5O3/c1-15(2)23-10-18(11-24-25(26(33)28-3)31-14-32(23)24)19-6-4-5-16-9-22(30-13-20(16)19)17-7-8-21(27(34)35)29-12-17/h4-15H,1-3H3,(H,28,33)(H,34,35). The first kappa shape index (κ1) is 22.2. The molecule has 5 aromatic rings. The van der Waals surface area contributed by atoms with Gasteiger partial charge in [0.25, 0.3) is 5.91 Å². The average molecular weight is 466 g/mol. The zero-order valence-electron chi connectivity index (χ0n) is 19.5. The molecule has 1 amide bonds. The second-order valence-corrected chi connectivity index (χ2v) is 8.58. The van der Waals surface area contributed by atoms with Gasteiger partial charge in [-0.25, -0.2) is 14.8 Å². The van der Waals surface area contributed by atoms with E-state index in [4.69, 9.17) is 5.11 Å². The van der Waals surface area contributed by atoms with Crippen molar-refractivity contribution >= 4 is 28.2 Å². The highest BCUT2D eigenvalue weighted by molar-refractivity contribution is 6.01. The number of imidazole rings is 1. The van der Waals surface area contributed by atoms with Crippen LogP contribution in [0.2, 0.25) is 0 Å². The molecule has 0 fully saturated rings. The van der Waals surface area contributed by atoms with Crippen LogP contribution in [0.1, 0.15) is 46.4 Å². The van der Waals surface area contributed by atoms with E-state index in [9.17, 15) is 9.59 Å². The van der Waals surface area contributed by atoms with Crippen LogP contribution < -0.4 is 5.32 Å². The Morgan fingerprint density at radius 1 is 0.971 bits per heavy atom. The monoisotopic (exact) mass is 465 g/mol. The van der Waals surface area contributed by atoms with Crippen LogP contribution in [0.4, 0.5) is 0 Å². The Bertz CT molecular complexity index is 1600. The molecule has 5 rings (SSSR count). The van der Waals surface area contributed by atoms with Crippen LogP contribution in [0.5, 0.6) is 0 Å². The maximum atomic E-state index is 12.4.